The molecule has 0 bridgehead atoms. The lowest BCUT2D eigenvalue weighted by Gasteiger charge is -2.28. The van der Waals surface area contributed by atoms with Crippen molar-refractivity contribution in [2.45, 2.75) is 32.6 Å². The van der Waals surface area contributed by atoms with Gasteiger partial charge in [-0.3, -0.25) is 9.59 Å². The molecule has 0 aromatic carbocycles. The summed E-state index contributed by atoms with van der Waals surface area (Å²) in [6.07, 6.45) is 3.45. The number of carbonyl (C=O) groups is 2. The Kier molecular flexibility index (Phi) is 3.89. The van der Waals surface area contributed by atoms with Gasteiger partial charge in [-0.2, -0.15) is 4.99 Å². The maximum absolute atomic E-state index is 11.8. The maximum atomic E-state index is 11.8. The molecule has 94 valence electrons. The monoisotopic (exact) mass is 237 g/mol. The zero-order valence-electron chi connectivity index (χ0n) is 10.2. The fourth-order valence-electron chi connectivity index (χ4n) is 2.37. The van der Waals surface area contributed by atoms with E-state index in [4.69, 9.17) is 0 Å². The van der Waals surface area contributed by atoms with Gasteiger partial charge in [0.1, 0.15) is 11.8 Å². The summed E-state index contributed by atoms with van der Waals surface area (Å²) in [5.41, 5.74) is 0. The van der Waals surface area contributed by atoms with E-state index >= 15 is 0 Å². The first-order valence-corrected chi connectivity index (χ1v) is 6.36. The second-order valence-corrected chi connectivity index (χ2v) is 4.71. The van der Waals surface area contributed by atoms with E-state index < -0.39 is 5.92 Å². The summed E-state index contributed by atoms with van der Waals surface area (Å²) in [5.74, 6) is -0.261. The Hall–Kier alpha value is -1.23. The lowest BCUT2D eigenvalue weighted by Crippen LogP contribution is -2.49. The maximum Gasteiger partial charge on any atom is 0.259 e. The van der Waals surface area contributed by atoms with Crippen molar-refractivity contribution in [1.82, 2.24) is 10.6 Å². The SMILES string of the molecule is CCCC1C(=O)N=C(C2CCCNC2)NC1=O. The summed E-state index contributed by atoms with van der Waals surface area (Å²) < 4.78 is 0. The number of aliphatic imine (C=N–C) groups is 1. The molecule has 2 aliphatic rings. The third-order valence-corrected chi connectivity index (χ3v) is 3.36. The zero-order chi connectivity index (χ0) is 12.3. The van der Waals surface area contributed by atoms with E-state index in [0.717, 1.165) is 32.4 Å². The number of nitrogens with one attached hydrogen (secondary N) is 2. The highest BCUT2D eigenvalue weighted by Gasteiger charge is 2.33. The van der Waals surface area contributed by atoms with Crippen molar-refractivity contribution < 1.29 is 9.59 Å². The normalized spacial score (nSPS) is 29.8. The van der Waals surface area contributed by atoms with Crippen LogP contribution in [0.3, 0.4) is 0 Å². The first-order chi connectivity index (χ1) is 8.22. The molecule has 1 saturated heterocycles. The highest BCUT2D eigenvalue weighted by atomic mass is 16.2. The van der Waals surface area contributed by atoms with Crippen molar-refractivity contribution in [3.05, 3.63) is 0 Å². The molecule has 2 heterocycles. The predicted molar refractivity (Wildman–Crippen MR) is 64.6 cm³/mol. The second kappa shape index (κ2) is 5.40. The molecule has 2 atom stereocenters. The van der Waals surface area contributed by atoms with Gasteiger partial charge in [0.15, 0.2) is 0 Å². The van der Waals surface area contributed by atoms with Crippen molar-refractivity contribution in [2.24, 2.45) is 16.8 Å². The molecule has 2 aliphatic heterocycles. The van der Waals surface area contributed by atoms with Crippen LogP contribution in [0.15, 0.2) is 4.99 Å². The average molecular weight is 237 g/mol. The number of amides is 2. The molecular formula is C12H19N3O2. The van der Waals surface area contributed by atoms with E-state index in [0.29, 0.717) is 12.3 Å². The summed E-state index contributed by atoms with van der Waals surface area (Å²) in [6, 6.07) is 0. The summed E-state index contributed by atoms with van der Waals surface area (Å²) in [4.78, 5) is 27.7. The van der Waals surface area contributed by atoms with E-state index in [1.807, 2.05) is 6.92 Å². The van der Waals surface area contributed by atoms with Crippen LogP contribution in [0.5, 0.6) is 0 Å². The van der Waals surface area contributed by atoms with Gasteiger partial charge in [-0.15, -0.1) is 0 Å². The second-order valence-electron chi connectivity index (χ2n) is 4.71. The lowest BCUT2D eigenvalue weighted by atomic mass is 9.94. The van der Waals surface area contributed by atoms with Crippen molar-refractivity contribution in [3.63, 3.8) is 0 Å². The third-order valence-electron chi connectivity index (χ3n) is 3.36. The molecule has 1 fully saturated rings. The Morgan fingerprint density at radius 1 is 1.41 bits per heavy atom. The molecular weight excluding hydrogens is 218 g/mol. The average Bonchev–Trinajstić information content (AvgIpc) is 2.35. The van der Waals surface area contributed by atoms with Crippen LogP contribution >= 0.6 is 0 Å². The van der Waals surface area contributed by atoms with Crippen molar-refractivity contribution >= 4 is 17.6 Å². The fourth-order valence-corrected chi connectivity index (χ4v) is 2.37. The van der Waals surface area contributed by atoms with Crippen molar-refractivity contribution in [2.75, 3.05) is 13.1 Å². The smallest absolute Gasteiger partial charge is 0.259 e. The number of amidine groups is 1. The highest BCUT2D eigenvalue weighted by molar-refractivity contribution is 6.16. The van der Waals surface area contributed by atoms with Crippen LogP contribution in [-0.2, 0) is 9.59 Å². The summed E-state index contributed by atoms with van der Waals surface area (Å²) >= 11 is 0. The van der Waals surface area contributed by atoms with Crippen LogP contribution in [0.1, 0.15) is 32.6 Å². The summed E-state index contributed by atoms with van der Waals surface area (Å²) in [7, 11) is 0. The van der Waals surface area contributed by atoms with E-state index in [1.54, 1.807) is 0 Å². The Morgan fingerprint density at radius 3 is 2.82 bits per heavy atom. The third kappa shape index (κ3) is 2.72. The Bertz CT molecular complexity index is 346. The van der Waals surface area contributed by atoms with Crippen LogP contribution in [0, 0.1) is 11.8 Å². The molecule has 5 heteroatoms. The van der Waals surface area contributed by atoms with E-state index in [2.05, 4.69) is 15.6 Å². The van der Waals surface area contributed by atoms with Crippen LogP contribution in [0.25, 0.3) is 0 Å². The largest absolute Gasteiger partial charge is 0.316 e. The van der Waals surface area contributed by atoms with Gasteiger partial charge in [-0.1, -0.05) is 13.3 Å². The number of rotatable bonds is 3. The summed E-state index contributed by atoms with van der Waals surface area (Å²) in [5, 5.41) is 6.06. The Balaban J connectivity index is 2.07. The summed E-state index contributed by atoms with van der Waals surface area (Å²) in [6.45, 7) is 3.76. The number of carbonyl (C=O) groups excluding carboxylic acids is 2. The molecule has 2 unspecified atom stereocenters. The minimum Gasteiger partial charge on any atom is -0.316 e. The number of piperidine rings is 1. The first kappa shape index (κ1) is 12.2. The predicted octanol–water partition coefficient (Wildman–Crippen LogP) is 0.457. The van der Waals surface area contributed by atoms with Crippen molar-refractivity contribution in [3.8, 4) is 0 Å². The fraction of sp³-hybridized carbons (Fsp3) is 0.750. The zero-order valence-corrected chi connectivity index (χ0v) is 10.2. The lowest BCUT2D eigenvalue weighted by molar-refractivity contribution is -0.133. The first-order valence-electron chi connectivity index (χ1n) is 6.36. The topological polar surface area (TPSA) is 70.6 Å². The van der Waals surface area contributed by atoms with E-state index in [1.165, 1.54) is 0 Å². The highest BCUT2D eigenvalue weighted by Crippen LogP contribution is 2.17. The molecule has 2 rings (SSSR count). The molecule has 0 aliphatic carbocycles. The van der Waals surface area contributed by atoms with E-state index in [9.17, 15) is 9.59 Å². The molecule has 0 aromatic heterocycles. The molecule has 5 nitrogen and oxygen atoms in total. The van der Waals surface area contributed by atoms with Gasteiger partial charge < -0.3 is 10.6 Å². The quantitative estimate of drug-likeness (QED) is 0.700. The molecule has 0 saturated carbocycles. The minimum atomic E-state index is -0.569. The molecule has 0 aromatic rings. The molecule has 0 radical (unpaired) electrons. The van der Waals surface area contributed by atoms with Gasteiger partial charge in [0.05, 0.1) is 0 Å². The van der Waals surface area contributed by atoms with Crippen LogP contribution < -0.4 is 10.6 Å². The van der Waals surface area contributed by atoms with Crippen LogP contribution in [0.2, 0.25) is 0 Å². The van der Waals surface area contributed by atoms with Gasteiger partial charge in [-0.05, 0) is 25.8 Å². The molecule has 17 heavy (non-hydrogen) atoms. The van der Waals surface area contributed by atoms with Gasteiger partial charge in [0, 0.05) is 12.5 Å². The van der Waals surface area contributed by atoms with Crippen molar-refractivity contribution in [1.29, 1.82) is 0 Å². The van der Waals surface area contributed by atoms with Crippen LogP contribution in [-0.4, -0.2) is 30.7 Å². The molecule has 2 N–H and O–H groups in total. The van der Waals surface area contributed by atoms with Gasteiger partial charge in [0.2, 0.25) is 5.91 Å². The van der Waals surface area contributed by atoms with E-state index in [-0.39, 0.29) is 17.7 Å². The molecule has 2 amide bonds. The van der Waals surface area contributed by atoms with Gasteiger partial charge in [-0.25, -0.2) is 0 Å². The minimum absolute atomic E-state index is 0.174. The number of hydrogen-bond acceptors (Lipinski definition) is 3. The number of nitrogens with zero attached hydrogens (tertiary/aromatic N) is 1. The standard InChI is InChI=1S/C12H19N3O2/c1-2-4-9-11(16)14-10(15-12(9)17)8-5-3-6-13-7-8/h8-9,13H,2-7H2,1H3,(H,14,15,16,17). The van der Waals surface area contributed by atoms with Gasteiger partial charge >= 0.3 is 0 Å². The van der Waals surface area contributed by atoms with Gasteiger partial charge in [0.25, 0.3) is 5.91 Å². The Labute approximate surface area is 101 Å². The Morgan fingerprint density at radius 2 is 2.24 bits per heavy atom. The van der Waals surface area contributed by atoms with Crippen LogP contribution in [0.4, 0.5) is 0 Å². The number of hydrogen-bond donors (Lipinski definition) is 2. The molecule has 0 spiro atoms.